The van der Waals surface area contributed by atoms with Gasteiger partial charge >= 0.3 is 0 Å². The van der Waals surface area contributed by atoms with E-state index in [-0.39, 0.29) is 11.5 Å². The smallest absolute Gasteiger partial charge is 0.250 e. The first-order valence-corrected chi connectivity index (χ1v) is 9.51. The van der Waals surface area contributed by atoms with Gasteiger partial charge in [0, 0.05) is 42.2 Å². The lowest BCUT2D eigenvalue weighted by molar-refractivity contribution is 0.619. The number of aromatic nitrogens is 5. The Hall–Kier alpha value is -3.28. The predicted molar refractivity (Wildman–Crippen MR) is 110 cm³/mol. The van der Waals surface area contributed by atoms with Crippen LogP contribution in [0.2, 0.25) is 0 Å². The largest absolute Gasteiger partial charge is 0.312 e. The maximum Gasteiger partial charge on any atom is 0.250 e. The molecule has 6 heteroatoms. The van der Waals surface area contributed by atoms with Gasteiger partial charge in [-0.2, -0.15) is 5.10 Å². The molecule has 0 unspecified atom stereocenters. The lowest BCUT2D eigenvalue weighted by Gasteiger charge is -2.11. The van der Waals surface area contributed by atoms with E-state index in [1.165, 1.54) is 0 Å². The van der Waals surface area contributed by atoms with Crippen LogP contribution in [0.1, 0.15) is 37.1 Å². The molecule has 0 amide bonds. The van der Waals surface area contributed by atoms with Gasteiger partial charge in [0.15, 0.2) is 5.82 Å². The lowest BCUT2D eigenvalue weighted by Crippen LogP contribution is -2.22. The zero-order valence-electron chi connectivity index (χ0n) is 16.3. The first kappa shape index (κ1) is 18.1. The summed E-state index contributed by atoms with van der Waals surface area (Å²) < 4.78 is 3.66. The van der Waals surface area contributed by atoms with Crippen molar-refractivity contribution >= 4 is 10.9 Å². The number of fused-ring (bicyclic) bond motifs is 1. The maximum atomic E-state index is 12.2. The zero-order chi connectivity index (χ0) is 19.7. The SMILES string of the molecule is Cc1cccc(=O)n1CCc1nc(C(C)C)nn1-c1cccc2cccnc12. The molecule has 6 nitrogen and oxygen atoms in total. The average molecular weight is 373 g/mol. The van der Waals surface area contributed by atoms with Crippen molar-refractivity contribution in [2.24, 2.45) is 0 Å². The minimum absolute atomic E-state index is 0.00183. The van der Waals surface area contributed by atoms with Gasteiger partial charge in [0.25, 0.3) is 5.56 Å². The summed E-state index contributed by atoms with van der Waals surface area (Å²) in [5.41, 5.74) is 2.74. The highest BCUT2D eigenvalue weighted by atomic mass is 16.1. The highest BCUT2D eigenvalue weighted by Gasteiger charge is 2.16. The van der Waals surface area contributed by atoms with Gasteiger partial charge in [0.2, 0.25) is 0 Å². The number of aryl methyl sites for hydroxylation is 2. The Morgan fingerprint density at radius 3 is 2.61 bits per heavy atom. The van der Waals surface area contributed by atoms with E-state index in [9.17, 15) is 4.79 Å². The second kappa shape index (κ2) is 7.38. The third kappa shape index (κ3) is 3.33. The van der Waals surface area contributed by atoms with E-state index >= 15 is 0 Å². The summed E-state index contributed by atoms with van der Waals surface area (Å²) in [7, 11) is 0. The van der Waals surface area contributed by atoms with Crippen molar-refractivity contribution in [1.29, 1.82) is 0 Å². The number of benzene rings is 1. The first-order chi connectivity index (χ1) is 13.5. The fraction of sp³-hybridized carbons (Fsp3) is 0.273. The van der Waals surface area contributed by atoms with Crippen LogP contribution in [0, 0.1) is 6.92 Å². The molecule has 4 rings (SSSR count). The third-order valence-corrected chi connectivity index (χ3v) is 4.87. The van der Waals surface area contributed by atoms with Crippen LogP contribution in [-0.2, 0) is 13.0 Å². The molecule has 0 atom stereocenters. The van der Waals surface area contributed by atoms with E-state index in [1.807, 2.05) is 48.0 Å². The molecule has 0 N–H and O–H groups in total. The molecule has 0 spiro atoms. The Morgan fingerprint density at radius 2 is 1.82 bits per heavy atom. The summed E-state index contributed by atoms with van der Waals surface area (Å²) in [6.07, 6.45) is 2.40. The number of para-hydroxylation sites is 1. The summed E-state index contributed by atoms with van der Waals surface area (Å²) in [4.78, 5) is 21.5. The Bertz CT molecular complexity index is 1180. The molecule has 28 heavy (non-hydrogen) atoms. The molecular formula is C22H23N5O. The molecular weight excluding hydrogens is 350 g/mol. The number of hydrogen-bond donors (Lipinski definition) is 0. The van der Waals surface area contributed by atoms with Crippen LogP contribution in [0.15, 0.2) is 59.5 Å². The Kier molecular flexibility index (Phi) is 4.77. The molecule has 0 saturated heterocycles. The second-order valence-corrected chi connectivity index (χ2v) is 7.21. The summed E-state index contributed by atoms with van der Waals surface area (Å²) in [5, 5.41) is 5.82. The summed E-state index contributed by atoms with van der Waals surface area (Å²) in [6.45, 7) is 6.66. The fourth-order valence-corrected chi connectivity index (χ4v) is 3.34. The molecule has 3 aromatic heterocycles. The van der Waals surface area contributed by atoms with E-state index < -0.39 is 0 Å². The normalized spacial score (nSPS) is 11.4. The quantitative estimate of drug-likeness (QED) is 0.536. The molecule has 3 heterocycles. The molecule has 0 radical (unpaired) electrons. The topological polar surface area (TPSA) is 65.6 Å². The fourth-order valence-electron chi connectivity index (χ4n) is 3.34. The lowest BCUT2D eigenvalue weighted by atomic mass is 10.2. The van der Waals surface area contributed by atoms with E-state index in [2.05, 4.69) is 18.8 Å². The van der Waals surface area contributed by atoms with Crippen LogP contribution < -0.4 is 5.56 Å². The van der Waals surface area contributed by atoms with Crippen molar-refractivity contribution in [2.75, 3.05) is 0 Å². The summed E-state index contributed by atoms with van der Waals surface area (Å²) >= 11 is 0. The minimum Gasteiger partial charge on any atom is -0.312 e. The molecule has 0 aliphatic heterocycles. The van der Waals surface area contributed by atoms with E-state index in [4.69, 9.17) is 10.1 Å². The van der Waals surface area contributed by atoms with Gasteiger partial charge in [-0.3, -0.25) is 9.78 Å². The van der Waals surface area contributed by atoms with Gasteiger partial charge in [-0.15, -0.1) is 0 Å². The van der Waals surface area contributed by atoms with Gasteiger partial charge in [-0.1, -0.05) is 38.1 Å². The van der Waals surface area contributed by atoms with Crippen LogP contribution in [0.4, 0.5) is 0 Å². The molecule has 0 saturated carbocycles. The number of nitrogens with zero attached hydrogens (tertiary/aromatic N) is 5. The number of rotatable bonds is 5. The van der Waals surface area contributed by atoms with Gasteiger partial charge in [-0.05, 0) is 25.1 Å². The predicted octanol–water partition coefficient (Wildman–Crippen LogP) is 3.65. The molecule has 0 bridgehead atoms. The number of hydrogen-bond acceptors (Lipinski definition) is 4. The van der Waals surface area contributed by atoms with Crippen LogP contribution >= 0.6 is 0 Å². The van der Waals surface area contributed by atoms with Crippen molar-refractivity contribution in [3.8, 4) is 5.69 Å². The minimum atomic E-state index is 0.00183. The first-order valence-electron chi connectivity index (χ1n) is 9.51. The Morgan fingerprint density at radius 1 is 1.04 bits per heavy atom. The molecule has 4 aromatic rings. The van der Waals surface area contributed by atoms with E-state index in [0.717, 1.165) is 33.9 Å². The van der Waals surface area contributed by atoms with Crippen molar-refractivity contribution in [2.45, 2.75) is 39.7 Å². The van der Waals surface area contributed by atoms with E-state index in [1.54, 1.807) is 22.9 Å². The highest BCUT2D eigenvalue weighted by molar-refractivity contribution is 5.86. The zero-order valence-corrected chi connectivity index (χ0v) is 16.3. The van der Waals surface area contributed by atoms with Crippen LogP contribution in [-0.4, -0.2) is 24.3 Å². The number of pyridine rings is 2. The molecule has 1 aromatic carbocycles. The molecule has 142 valence electrons. The standard InChI is InChI=1S/C22H23N5O/c1-15(2)22-24-19(12-14-26-16(3)7-4-11-20(26)28)27(25-22)18-10-5-8-17-9-6-13-23-21(17)18/h4-11,13,15H,12,14H2,1-3H3. The van der Waals surface area contributed by atoms with Gasteiger partial charge in [0.1, 0.15) is 5.82 Å². The summed E-state index contributed by atoms with van der Waals surface area (Å²) in [6, 6.07) is 15.3. The van der Waals surface area contributed by atoms with Crippen LogP contribution in [0.5, 0.6) is 0 Å². The van der Waals surface area contributed by atoms with Gasteiger partial charge < -0.3 is 4.57 Å². The maximum absolute atomic E-state index is 12.2. The molecule has 0 aliphatic carbocycles. The highest BCUT2D eigenvalue weighted by Crippen LogP contribution is 2.22. The molecule has 0 fully saturated rings. The van der Waals surface area contributed by atoms with Crippen LogP contribution in [0.25, 0.3) is 16.6 Å². The average Bonchev–Trinajstić information content (AvgIpc) is 3.11. The van der Waals surface area contributed by atoms with Crippen molar-refractivity contribution in [1.82, 2.24) is 24.3 Å². The van der Waals surface area contributed by atoms with Gasteiger partial charge in [0.05, 0.1) is 11.2 Å². The van der Waals surface area contributed by atoms with E-state index in [0.29, 0.717) is 13.0 Å². The third-order valence-electron chi connectivity index (χ3n) is 4.87. The second-order valence-electron chi connectivity index (χ2n) is 7.21. The van der Waals surface area contributed by atoms with Crippen molar-refractivity contribution in [3.05, 3.63) is 82.4 Å². The van der Waals surface area contributed by atoms with Crippen molar-refractivity contribution in [3.63, 3.8) is 0 Å². The van der Waals surface area contributed by atoms with Crippen molar-refractivity contribution < 1.29 is 0 Å². The van der Waals surface area contributed by atoms with Gasteiger partial charge in [-0.25, -0.2) is 9.67 Å². The van der Waals surface area contributed by atoms with Crippen LogP contribution in [0.3, 0.4) is 0 Å². The summed E-state index contributed by atoms with van der Waals surface area (Å²) in [5.74, 6) is 1.83. The monoisotopic (exact) mass is 373 g/mol. The Balaban J connectivity index is 1.79. The Labute approximate surface area is 163 Å². The molecule has 0 aliphatic rings.